The fourth-order valence-corrected chi connectivity index (χ4v) is 5.33. The van der Waals surface area contributed by atoms with Crippen molar-refractivity contribution >= 4 is 21.9 Å². The molecular weight excluding hydrogens is 432 g/mol. The third kappa shape index (κ3) is 5.35. The number of nitrogens with zero attached hydrogens (tertiary/aromatic N) is 1. The quantitative estimate of drug-likeness (QED) is 0.610. The Labute approximate surface area is 188 Å². The highest BCUT2D eigenvalue weighted by Gasteiger charge is 2.44. The van der Waals surface area contributed by atoms with E-state index in [1.165, 1.54) is 12.1 Å². The molecule has 1 heterocycles. The first-order valence-electron chi connectivity index (χ1n) is 10.4. The zero-order chi connectivity index (χ0) is 23.5. The molecule has 9 heteroatoms. The Balaban J connectivity index is 1.65. The zero-order valence-corrected chi connectivity index (χ0v) is 19.1. The molecular formula is C23H28N2O6S. The minimum atomic E-state index is -4.03. The molecule has 0 aliphatic carbocycles. The largest absolute Gasteiger partial charge is 0.454 e. The third-order valence-electron chi connectivity index (χ3n) is 5.61. The summed E-state index contributed by atoms with van der Waals surface area (Å²) < 4.78 is 32.3. The van der Waals surface area contributed by atoms with Crippen LogP contribution in [0.3, 0.4) is 0 Å². The maximum absolute atomic E-state index is 13.1. The Kier molecular flexibility index (Phi) is 7.33. The summed E-state index contributed by atoms with van der Waals surface area (Å²) in [7, 11) is -4.03. The van der Waals surface area contributed by atoms with Crippen LogP contribution in [0.2, 0.25) is 0 Å². The van der Waals surface area contributed by atoms with Crippen LogP contribution in [0.5, 0.6) is 0 Å². The maximum Gasteiger partial charge on any atom is 0.325 e. The molecule has 0 radical (unpaired) electrons. The van der Waals surface area contributed by atoms with Crippen LogP contribution < -0.4 is 5.32 Å². The summed E-state index contributed by atoms with van der Waals surface area (Å²) in [6, 6.07) is 12.5. The van der Waals surface area contributed by atoms with E-state index in [4.69, 9.17) is 4.74 Å². The van der Waals surface area contributed by atoms with Gasteiger partial charge in [0.15, 0.2) is 6.61 Å². The van der Waals surface area contributed by atoms with E-state index in [0.29, 0.717) is 0 Å². The van der Waals surface area contributed by atoms with E-state index >= 15 is 0 Å². The first kappa shape index (κ1) is 23.9. The van der Waals surface area contributed by atoms with Crippen molar-refractivity contribution in [2.45, 2.75) is 50.3 Å². The highest BCUT2D eigenvalue weighted by molar-refractivity contribution is 7.89. The molecule has 3 atom stereocenters. The van der Waals surface area contributed by atoms with Crippen LogP contribution in [-0.4, -0.2) is 55.0 Å². The Morgan fingerprint density at radius 2 is 1.84 bits per heavy atom. The number of nitrogens with one attached hydrogen (secondary N) is 1. The van der Waals surface area contributed by atoms with Gasteiger partial charge in [-0.2, -0.15) is 4.31 Å². The van der Waals surface area contributed by atoms with Crippen molar-refractivity contribution in [3.05, 3.63) is 65.2 Å². The molecule has 32 heavy (non-hydrogen) atoms. The molecule has 1 saturated heterocycles. The second-order valence-electron chi connectivity index (χ2n) is 8.03. The molecule has 2 unspecified atom stereocenters. The Hall–Kier alpha value is -2.75. The molecule has 1 amide bonds. The maximum atomic E-state index is 13.1. The molecule has 2 aromatic carbocycles. The van der Waals surface area contributed by atoms with E-state index in [2.05, 4.69) is 5.32 Å². The Morgan fingerprint density at radius 3 is 2.50 bits per heavy atom. The highest BCUT2D eigenvalue weighted by atomic mass is 32.2. The third-order valence-corrected chi connectivity index (χ3v) is 7.48. The van der Waals surface area contributed by atoms with Crippen LogP contribution in [-0.2, 0) is 24.3 Å². The predicted molar refractivity (Wildman–Crippen MR) is 118 cm³/mol. The van der Waals surface area contributed by atoms with E-state index in [9.17, 15) is 23.1 Å². The summed E-state index contributed by atoms with van der Waals surface area (Å²) in [6.07, 6.45) is -1.09. The fourth-order valence-electron chi connectivity index (χ4n) is 3.62. The molecule has 1 aliphatic rings. The van der Waals surface area contributed by atoms with Gasteiger partial charge in [0.25, 0.3) is 5.91 Å². The number of aliphatic hydroxyl groups is 1. The van der Waals surface area contributed by atoms with Crippen molar-refractivity contribution in [2.75, 3.05) is 13.2 Å². The molecule has 2 N–H and O–H groups in total. The smallest absolute Gasteiger partial charge is 0.325 e. The van der Waals surface area contributed by atoms with Crippen LogP contribution in [0.15, 0.2) is 53.4 Å². The number of hydrogen-bond acceptors (Lipinski definition) is 6. The number of carbonyl (C=O) groups excluding carboxylic acids is 2. The van der Waals surface area contributed by atoms with E-state index in [0.717, 1.165) is 21.0 Å². The van der Waals surface area contributed by atoms with E-state index in [1.807, 2.05) is 37.3 Å². The lowest BCUT2D eigenvalue weighted by atomic mass is 10.1. The second-order valence-corrected chi connectivity index (χ2v) is 9.92. The van der Waals surface area contributed by atoms with Crippen molar-refractivity contribution in [3.8, 4) is 0 Å². The first-order valence-corrected chi connectivity index (χ1v) is 11.8. The number of carbonyl (C=O) groups is 2. The van der Waals surface area contributed by atoms with Crippen LogP contribution in [0.25, 0.3) is 0 Å². The van der Waals surface area contributed by atoms with E-state index in [1.54, 1.807) is 19.9 Å². The molecule has 8 nitrogen and oxygen atoms in total. The SMILES string of the molecule is Cc1ccc(S(=O)(=O)N2CC(O)C[C@H]2C(=O)OCC(=O)NC(C)c2ccccc2)cc1C. The van der Waals surface area contributed by atoms with Gasteiger partial charge < -0.3 is 15.2 Å². The van der Waals surface area contributed by atoms with Crippen molar-refractivity contribution in [1.29, 1.82) is 0 Å². The van der Waals surface area contributed by atoms with E-state index < -0.39 is 40.7 Å². The number of β-amino-alcohol motifs (C(OH)–C–C–N with tert-alkyl or cyclic N) is 1. The molecule has 0 aromatic heterocycles. The lowest BCUT2D eigenvalue weighted by Gasteiger charge is -2.23. The lowest BCUT2D eigenvalue weighted by Crippen LogP contribution is -2.42. The number of sulfonamides is 1. The number of esters is 1. The average Bonchev–Trinajstić information content (AvgIpc) is 3.17. The van der Waals surface area contributed by atoms with Gasteiger partial charge in [0.05, 0.1) is 17.0 Å². The summed E-state index contributed by atoms with van der Waals surface area (Å²) >= 11 is 0. The number of ether oxygens (including phenoxy) is 1. The van der Waals surface area contributed by atoms with Crippen molar-refractivity contribution in [3.63, 3.8) is 0 Å². The van der Waals surface area contributed by atoms with Crippen molar-refractivity contribution < 1.29 is 27.9 Å². The van der Waals surface area contributed by atoms with Gasteiger partial charge in [-0.3, -0.25) is 9.59 Å². The molecule has 2 aromatic rings. The van der Waals surface area contributed by atoms with Gasteiger partial charge in [0.1, 0.15) is 6.04 Å². The number of aryl methyl sites for hydroxylation is 2. The molecule has 1 fully saturated rings. The van der Waals surface area contributed by atoms with E-state index in [-0.39, 0.29) is 23.9 Å². The minimum absolute atomic E-state index is 0.0435. The van der Waals surface area contributed by atoms with Gasteiger partial charge in [-0.15, -0.1) is 0 Å². The van der Waals surface area contributed by atoms with Gasteiger partial charge in [0, 0.05) is 13.0 Å². The van der Waals surface area contributed by atoms with Gasteiger partial charge in [0.2, 0.25) is 10.0 Å². The number of amides is 1. The standard InChI is InChI=1S/C23H28N2O6S/c1-15-9-10-20(11-16(15)2)32(29,30)25-13-19(26)12-21(25)23(28)31-14-22(27)24-17(3)18-7-5-4-6-8-18/h4-11,17,19,21,26H,12-14H2,1-3H3,(H,24,27)/t17?,19?,21-/m0/s1. The van der Waals surface area contributed by atoms with Crippen LogP contribution in [0, 0.1) is 13.8 Å². The summed E-state index contributed by atoms with van der Waals surface area (Å²) in [6.45, 7) is 4.72. The number of hydrogen-bond donors (Lipinski definition) is 2. The Bertz CT molecular complexity index is 1090. The molecule has 0 spiro atoms. The normalized spacial score (nSPS) is 20.0. The lowest BCUT2D eigenvalue weighted by molar-refractivity contribution is -0.151. The summed E-state index contributed by atoms with van der Waals surface area (Å²) in [5.41, 5.74) is 2.64. The van der Waals surface area contributed by atoms with Gasteiger partial charge in [-0.25, -0.2) is 8.42 Å². The first-order chi connectivity index (χ1) is 15.1. The van der Waals surface area contributed by atoms with Crippen LogP contribution in [0.4, 0.5) is 0 Å². The predicted octanol–water partition coefficient (Wildman–Crippen LogP) is 1.85. The number of benzene rings is 2. The van der Waals surface area contributed by atoms with Crippen molar-refractivity contribution in [1.82, 2.24) is 9.62 Å². The molecule has 3 rings (SSSR count). The molecule has 0 bridgehead atoms. The zero-order valence-electron chi connectivity index (χ0n) is 18.3. The van der Waals surface area contributed by atoms with Crippen molar-refractivity contribution in [2.24, 2.45) is 0 Å². The summed E-state index contributed by atoms with van der Waals surface area (Å²) in [4.78, 5) is 24.9. The van der Waals surface area contributed by atoms with Crippen LogP contribution in [0.1, 0.15) is 36.1 Å². The number of aliphatic hydroxyl groups excluding tert-OH is 1. The minimum Gasteiger partial charge on any atom is -0.454 e. The summed E-state index contributed by atoms with van der Waals surface area (Å²) in [5, 5.41) is 12.8. The molecule has 1 aliphatic heterocycles. The Morgan fingerprint density at radius 1 is 1.16 bits per heavy atom. The molecule has 172 valence electrons. The van der Waals surface area contributed by atoms with Gasteiger partial charge in [-0.1, -0.05) is 36.4 Å². The average molecular weight is 461 g/mol. The monoisotopic (exact) mass is 460 g/mol. The summed E-state index contributed by atoms with van der Waals surface area (Å²) in [5.74, 6) is -1.37. The van der Waals surface area contributed by atoms with Crippen LogP contribution >= 0.6 is 0 Å². The fraction of sp³-hybridized carbons (Fsp3) is 0.391. The molecule has 0 saturated carbocycles. The van der Waals surface area contributed by atoms with Gasteiger partial charge in [-0.05, 0) is 49.6 Å². The highest BCUT2D eigenvalue weighted by Crippen LogP contribution is 2.28. The topological polar surface area (TPSA) is 113 Å². The second kappa shape index (κ2) is 9.81. The number of rotatable bonds is 7. The van der Waals surface area contributed by atoms with Gasteiger partial charge >= 0.3 is 5.97 Å².